The van der Waals surface area contributed by atoms with Crippen molar-refractivity contribution < 1.29 is 29.3 Å². The Balaban J connectivity index is 1.95. The Morgan fingerprint density at radius 3 is 2.57 bits per heavy atom. The van der Waals surface area contributed by atoms with Gasteiger partial charge >= 0.3 is 5.97 Å². The summed E-state index contributed by atoms with van der Waals surface area (Å²) < 4.78 is 10.9. The van der Waals surface area contributed by atoms with Gasteiger partial charge in [0.15, 0.2) is 0 Å². The molecule has 3 aromatic rings. The molecule has 0 radical (unpaired) electrons. The van der Waals surface area contributed by atoms with E-state index >= 15 is 0 Å². The third-order valence-corrected chi connectivity index (χ3v) is 3.90. The predicted molar refractivity (Wildman–Crippen MR) is 100 cm³/mol. The highest BCUT2D eigenvalue weighted by Gasteiger charge is 2.17. The van der Waals surface area contributed by atoms with Crippen LogP contribution in [-0.4, -0.2) is 40.4 Å². The fourth-order valence-electron chi connectivity index (χ4n) is 2.68. The quantitative estimate of drug-likeness (QED) is 0.512. The number of carboxylic acid groups (broad SMARTS) is 1. The molecule has 1 amide bonds. The number of carbonyl (C=O) groups excluding carboxylic acids is 1. The molecule has 0 aliphatic rings. The standard InChI is InChI=1S/C20H18N2O6/c23-12-27-11-17-16-7-6-15(28-14-4-2-1-3-5-14)8-13(16)9-21-19(17)20(26)22-10-18(24)25/h1-9,23H,10-12H2,(H,22,26)(H,24,25). The van der Waals surface area contributed by atoms with Gasteiger partial charge in [-0.05, 0) is 29.7 Å². The largest absolute Gasteiger partial charge is 0.480 e. The Kier molecular flexibility index (Phi) is 6.15. The number of carboxylic acids is 1. The number of amides is 1. The van der Waals surface area contributed by atoms with E-state index in [1.807, 2.05) is 30.3 Å². The van der Waals surface area contributed by atoms with Crippen molar-refractivity contribution in [2.24, 2.45) is 0 Å². The molecule has 144 valence electrons. The van der Waals surface area contributed by atoms with Crippen LogP contribution in [0, 0.1) is 0 Å². The first-order chi connectivity index (χ1) is 13.6. The minimum atomic E-state index is -1.16. The van der Waals surface area contributed by atoms with Crippen molar-refractivity contribution in [1.82, 2.24) is 10.3 Å². The van der Waals surface area contributed by atoms with Crippen molar-refractivity contribution in [3.8, 4) is 11.5 Å². The molecule has 0 fully saturated rings. The second-order valence-electron chi connectivity index (χ2n) is 5.80. The van der Waals surface area contributed by atoms with E-state index in [9.17, 15) is 9.59 Å². The lowest BCUT2D eigenvalue weighted by molar-refractivity contribution is -0.135. The molecule has 2 aromatic carbocycles. The molecule has 0 saturated carbocycles. The van der Waals surface area contributed by atoms with Gasteiger partial charge < -0.3 is 25.0 Å². The van der Waals surface area contributed by atoms with Crippen LogP contribution in [0.25, 0.3) is 10.8 Å². The van der Waals surface area contributed by atoms with Gasteiger partial charge in [-0.25, -0.2) is 0 Å². The normalized spacial score (nSPS) is 10.6. The third kappa shape index (κ3) is 4.61. The average Bonchev–Trinajstić information content (AvgIpc) is 2.70. The number of nitrogens with zero attached hydrogens (tertiary/aromatic N) is 1. The van der Waals surface area contributed by atoms with E-state index in [2.05, 4.69) is 10.3 Å². The lowest BCUT2D eigenvalue weighted by Gasteiger charge is -2.13. The number of nitrogens with one attached hydrogen (secondary N) is 1. The Morgan fingerprint density at radius 1 is 1.07 bits per heavy atom. The first-order valence-electron chi connectivity index (χ1n) is 8.41. The van der Waals surface area contributed by atoms with Crippen LogP contribution in [-0.2, 0) is 16.1 Å². The summed E-state index contributed by atoms with van der Waals surface area (Å²) in [5.41, 5.74) is 0.486. The Hall–Kier alpha value is -3.49. The number of hydrogen-bond donors (Lipinski definition) is 3. The molecule has 1 heterocycles. The van der Waals surface area contributed by atoms with Crippen LogP contribution in [0.3, 0.4) is 0 Å². The van der Waals surface area contributed by atoms with E-state index in [4.69, 9.17) is 19.7 Å². The van der Waals surface area contributed by atoms with Crippen LogP contribution < -0.4 is 10.1 Å². The van der Waals surface area contributed by atoms with E-state index in [1.165, 1.54) is 6.20 Å². The van der Waals surface area contributed by atoms with Gasteiger partial charge in [0.1, 0.15) is 30.5 Å². The Morgan fingerprint density at radius 2 is 1.86 bits per heavy atom. The molecule has 28 heavy (non-hydrogen) atoms. The van der Waals surface area contributed by atoms with E-state index in [0.717, 1.165) is 0 Å². The molecule has 8 nitrogen and oxygen atoms in total. The lowest BCUT2D eigenvalue weighted by atomic mass is 10.0. The van der Waals surface area contributed by atoms with Gasteiger partial charge in [-0.1, -0.05) is 24.3 Å². The van der Waals surface area contributed by atoms with Crippen LogP contribution in [0.2, 0.25) is 0 Å². The van der Waals surface area contributed by atoms with Crippen molar-refractivity contribution in [2.75, 3.05) is 13.3 Å². The van der Waals surface area contributed by atoms with Crippen LogP contribution >= 0.6 is 0 Å². The highest BCUT2D eigenvalue weighted by Crippen LogP contribution is 2.28. The van der Waals surface area contributed by atoms with E-state index in [-0.39, 0.29) is 12.3 Å². The third-order valence-electron chi connectivity index (χ3n) is 3.90. The van der Waals surface area contributed by atoms with Gasteiger partial charge in [0.2, 0.25) is 0 Å². The molecule has 0 atom stereocenters. The van der Waals surface area contributed by atoms with E-state index in [0.29, 0.717) is 27.8 Å². The first-order valence-corrected chi connectivity index (χ1v) is 8.41. The second kappa shape index (κ2) is 8.94. The topological polar surface area (TPSA) is 118 Å². The van der Waals surface area contributed by atoms with Gasteiger partial charge in [-0.2, -0.15) is 0 Å². The highest BCUT2D eigenvalue weighted by atomic mass is 16.6. The zero-order chi connectivity index (χ0) is 19.9. The summed E-state index contributed by atoms with van der Waals surface area (Å²) in [6.45, 7) is -1.11. The molecule has 3 N–H and O–H groups in total. The SMILES string of the molecule is O=C(O)CNC(=O)c1ncc2cc(Oc3ccccc3)ccc2c1COCO. The smallest absolute Gasteiger partial charge is 0.322 e. The maximum absolute atomic E-state index is 12.3. The summed E-state index contributed by atoms with van der Waals surface area (Å²) >= 11 is 0. The van der Waals surface area contributed by atoms with Crippen molar-refractivity contribution in [3.05, 3.63) is 66.0 Å². The number of aliphatic carboxylic acids is 1. The summed E-state index contributed by atoms with van der Waals surface area (Å²) in [7, 11) is 0. The number of hydrogen-bond acceptors (Lipinski definition) is 6. The summed E-state index contributed by atoms with van der Waals surface area (Å²) in [6, 6.07) is 14.6. The van der Waals surface area contributed by atoms with E-state index < -0.39 is 25.2 Å². The van der Waals surface area contributed by atoms with Crippen molar-refractivity contribution in [3.63, 3.8) is 0 Å². The molecule has 0 saturated heterocycles. The monoisotopic (exact) mass is 382 g/mol. The molecule has 0 aliphatic heterocycles. The number of fused-ring (bicyclic) bond motifs is 1. The molecule has 0 spiro atoms. The number of aromatic nitrogens is 1. The molecule has 1 aromatic heterocycles. The van der Waals surface area contributed by atoms with Gasteiger partial charge in [-0.3, -0.25) is 14.6 Å². The summed E-state index contributed by atoms with van der Waals surface area (Å²) in [4.78, 5) is 27.2. The van der Waals surface area contributed by atoms with Crippen molar-refractivity contribution >= 4 is 22.6 Å². The van der Waals surface area contributed by atoms with Crippen molar-refractivity contribution in [1.29, 1.82) is 0 Å². The van der Waals surface area contributed by atoms with E-state index in [1.54, 1.807) is 18.2 Å². The maximum atomic E-state index is 12.3. The molecular formula is C20H18N2O6. The number of para-hydroxylation sites is 1. The average molecular weight is 382 g/mol. The predicted octanol–water partition coefficient (Wildman–Crippen LogP) is 2.31. The number of aliphatic hydroxyl groups is 1. The molecule has 8 heteroatoms. The summed E-state index contributed by atoms with van der Waals surface area (Å²) in [5.74, 6) is -0.517. The number of carbonyl (C=O) groups is 2. The summed E-state index contributed by atoms with van der Waals surface area (Å²) in [5, 5.41) is 21.4. The lowest BCUT2D eigenvalue weighted by Crippen LogP contribution is -2.30. The molecule has 0 aliphatic carbocycles. The minimum Gasteiger partial charge on any atom is -0.480 e. The number of pyridine rings is 1. The van der Waals surface area contributed by atoms with Gasteiger partial charge in [0.25, 0.3) is 5.91 Å². The molecule has 0 bridgehead atoms. The first kappa shape index (κ1) is 19.3. The Bertz CT molecular complexity index is 991. The number of aliphatic hydroxyl groups excluding tert-OH is 1. The fourth-order valence-corrected chi connectivity index (χ4v) is 2.68. The van der Waals surface area contributed by atoms with Crippen molar-refractivity contribution in [2.45, 2.75) is 6.61 Å². The van der Waals surface area contributed by atoms with Crippen LogP contribution in [0.5, 0.6) is 11.5 Å². The number of rotatable bonds is 8. The number of benzene rings is 2. The zero-order valence-electron chi connectivity index (χ0n) is 14.8. The van der Waals surface area contributed by atoms with Gasteiger partial charge in [0.05, 0.1) is 6.61 Å². The highest BCUT2D eigenvalue weighted by molar-refractivity contribution is 6.00. The van der Waals surface area contributed by atoms with Crippen LogP contribution in [0.1, 0.15) is 16.1 Å². The zero-order valence-corrected chi connectivity index (χ0v) is 14.8. The van der Waals surface area contributed by atoms with Gasteiger partial charge in [0, 0.05) is 17.1 Å². The fraction of sp³-hybridized carbons (Fsp3) is 0.150. The summed E-state index contributed by atoms with van der Waals surface area (Å²) in [6.07, 6.45) is 1.51. The van der Waals surface area contributed by atoms with Gasteiger partial charge in [-0.15, -0.1) is 0 Å². The number of ether oxygens (including phenoxy) is 2. The Labute approximate surface area is 160 Å². The van der Waals surface area contributed by atoms with Crippen LogP contribution in [0.15, 0.2) is 54.7 Å². The molecule has 0 unspecified atom stereocenters. The maximum Gasteiger partial charge on any atom is 0.322 e. The van der Waals surface area contributed by atoms with Crippen LogP contribution in [0.4, 0.5) is 0 Å². The molecular weight excluding hydrogens is 364 g/mol. The second-order valence-corrected chi connectivity index (χ2v) is 5.80. The molecule has 3 rings (SSSR count). The minimum absolute atomic E-state index is 0.0407.